The lowest BCUT2D eigenvalue weighted by atomic mass is 10.1. The van der Waals surface area contributed by atoms with E-state index < -0.39 is 0 Å². The number of likely N-dealkylation sites (tertiary alicyclic amines) is 1. The van der Waals surface area contributed by atoms with Crippen molar-refractivity contribution in [1.29, 1.82) is 0 Å². The number of amides is 2. The fourth-order valence-electron chi connectivity index (χ4n) is 3.11. The summed E-state index contributed by atoms with van der Waals surface area (Å²) in [5, 5.41) is 5.55. The number of nitrogens with zero attached hydrogens (tertiary/aromatic N) is 1. The molecule has 2 amide bonds. The van der Waals surface area contributed by atoms with Gasteiger partial charge in [-0.05, 0) is 37.6 Å². The number of halogens is 1. The molecule has 2 N–H and O–H groups in total. The summed E-state index contributed by atoms with van der Waals surface area (Å²) >= 11 is 0. The maximum Gasteiger partial charge on any atom is 0.323 e. The molecule has 2 saturated heterocycles. The normalized spacial score (nSPS) is 27.7. The second kappa shape index (κ2) is 6.54. The van der Waals surface area contributed by atoms with Gasteiger partial charge in [0.05, 0.1) is 0 Å². The van der Waals surface area contributed by atoms with Crippen LogP contribution in [0.3, 0.4) is 0 Å². The topological polar surface area (TPSA) is 70.7 Å². The molecular weight excluding hydrogens is 301 g/mol. The Bertz CT molecular complexity index is 593. The van der Waals surface area contributed by atoms with E-state index in [1.54, 1.807) is 0 Å². The van der Waals surface area contributed by atoms with Crippen LogP contribution >= 0.6 is 0 Å². The molecule has 3 atom stereocenters. The van der Waals surface area contributed by atoms with Crippen LogP contribution in [0.2, 0.25) is 0 Å². The van der Waals surface area contributed by atoms with Crippen LogP contribution in [0.25, 0.3) is 0 Å². The Labute approximate surface area is 134 Å². The minimum Gasteiger partial charge on any atom is -0.461 e. The number of cyclic esters (lactones) is 1. The van der Waals surface area contributed by atoms with Crippen LogP contribution in [0.5, 0.6) is 0 Å². The molecule has 1 aromatic carbocycles. The minimum atomic E-state index is -0.347. The van der Waals surface area contributed by atoms with E-state index in [2.05, 4.69) is 15.5 Å². The zero-order valence-electron chi connectivity index (χ0n) is 12.9. The summed E-state index contributed by atoms with van der Waals surface area (Å²) in [6.45, 7) is 3.27. The van der Waals surface area contributed by atoms with Crippen LogP contribution < -0.4 is 10.6 Å². The minimum absolute atomic E-state index is 0.0147. The third-order valence-corrected chi connectivity index (χ3v) is 4.24. The number of urea groups is 1. The van der Waals surface area contributed by atoms with Crippen molar-refractivity contribution in [3.63, 3.8) is 0 Å². The summed E-state index contributed by atoms with van der Waals surface area (Å²) in [5.74, 6) is -0.519. The van der Waals surface area contributed by atoms with Gasteiger partial charge in [-0.1, -0.05) is 0 Å². The first kappa shape index (κ1) is 15.7. The highest BCUT2D eigenvalue weighted by molar-refractivity contribution is 5.89. The van der Waals surface area contributed by atoms with Gasteiger partial charge in [-0.3, -0.25) is 9.69 Å². The molecule has 0 aliphatic carbocycles. The number of hydrogen-bond donors (Lipinski definition) is 2. The molecule has 1 aromatic rings. The molecule has 2 heterocycles. The molecule has 0 aromatic heterocycles. The molecule has 2 fully saturated rings. The zero-order chi connectivity index (χ0) is 16.4. The molecule has 6 nitrogen and oxygen atoms in total. The van der Waals surface area contributed by atoms with Crippen LogP contribution in [0, 0.1) is 5.82 Å². The summed E-state index contributed by atoms with van der Waals surface area (Å²) in [7, 11) is 0. The van der Waals surface area contributed by atoms with Crippen LogP contribution in [-0.2, 0) is 9.53 Å². The molecule has 23 heavy (non-hydrogen) atoms. The Morgan fingerprint density at radius 3 is 2.74 bits per heavy atom. The first-order valence-corrected chi connectivity index (χ1v) is 7.79. The summed E-state index contributed by atoms with van der Waals surface area (Å²) in [4.78, 5) is 25.8. The Morgan fingerprint density at radius 2 is 2.09 bits per heavy atom. The van der Waals surface area contributed by atoms with Gasteiger partial charge in [0.1, 0.15) is 18.0 Å². The van der Waals surface area contributed by atoms with E-state index >= 15 is 0 Å². The highest BCUT2D eigenvalue weighted by atomic mass is 19.1. The lowest BCUT2D eigenvalue weighted by Gasteiger charge is -2.20. The van der Waals surface area contributed by atoms with E-state index in [1.165, 1.54) is 24.3 Å². The van der Waals surface area contributed by atoms with Gasteiger partial charge in [-0.15, -0.1) is 0 Å². The summed E-state index contributed by atoms with van der Waals surface area (Å²) in [6, 6.07) is 5.05. The van der Waals surface area contributed by atoms with E-state index in [0.717, 1.165) is 13.0 Å². The van der Waals surface area contributed by atoms with Gasteiger partial charge in [-0.2, -0.15) is 0 Å². The smallest absolute Gasteiger partial charge is 0.323 e. The van der Waals surface area contributed by atoms with Gasteiger partial charge in [-0.25, -0.2) is 9.18 Å². The standard InChI is InChI=1S/C16H20FN3O3/c1-10-8-14(15(21)23-10)20-7-6-13(9-20)19-16(22)18-12-4-2-11(17)3-5-12/h2-5,10,13-14H,6-9H2,1H3,(H2,18,19,22). The van der Waals surface area contributed by atoms with Crippen molar-refractivity contribution in [2.24, 2.45) is 0 Å². The second-order valence-electron chi connectivity index (χ2n) is 6.08. The van der Waals surface area contributed by atoms with Crippen molar-refractivity contribution in [1.82, 2.24) is 10.2 Å². The average Bonchev–Trinajstić information content (AvgIpc) is 3.07. The van der Waals surface area contributed by atoms with Crippen LogP contribution in [0.1, 0.15) is 19.8 Å². The van der Waals surface area contributed by atoms with Crippen molar-refractivity contribution in [3.05, 3.63) is 30.1 Å². The van der Waals surface area contributed by atoms with E-state index in [0.29, 0.717) is 18.7 Å². The Hall–Kier alpha value is -2.15. The Morgan fingerprint density at radius 1 is 1.35 bits per heavy atom. The summed E-state index contributed by atoms with van der Waals surface area (Å²) < 4.78 is 18.0. The molecule has 2 aliphatic heterocycles. The molecule has 7 heteroatoms. The number of hydrogen-bond acceptors (Lipinski definition) is 4. The van der Waals surface area contributed by atoms with Crippen LogP contribution in [-0.4, -0.2) is 48.2 Å². The van der Waals surface area contributed by atoms with Gasteiger partial charge in [0.2, 0.25) is 0 Å². The van der Waals surface area contributed by atoms with E-state index in [1.807, 2.05) is 6.92 Å². The van der Waals surface area contributed by atoms with Crippen molar-refractivity contribution in [2.75, 3.05) is 18.4 Å². The third-order valence-electron chi connectivity index (χ3n) is 4.24. The number of rotatable bonds is 3. The lowest BCUT2D eigenvalue weighted by Crippen LogP contribution is -2.42. The van der Waals surface area contributed by atoms with E-state index in [4.69, 9.17) is 4.74 Å². The fraction of sp³-hybridized carbons (Fsp3) is 0.500. The molecule has 0 radical (unpaired) electrons. The van der Waals surface area contributed by atoms with Crippen LogP contribution in [0.4, 0.5) is 14.9 Å². The first-order valence-electron chi connectivity index (χ1n) is 7.79. The largest absolute Gasteiger partial charge is 0.461 e. The molecule has 0 saturated carbocycles. The molecule has 3 rings (SSSR count). The van der Waals surface area contributed by atoms with Gasteiger partial charge < -0.3 is 15.4 Å². The Kier molecular flexibility index (Phi) is 4.47. The quantitative estimate of drug-likeness (QED) is 0.832. The molecule has 0 spiro atoms. The predicted molar refractivity (Wildman–Crippen MR) is 82.5 cm³/mol. The maximum atomic E-state index is 12.8. The van der Waals surface area contributed by atoms with Crippen molar-refractivity contribution >= 4 is 17.7 Å². The van der Waals surface area contributed by atoms with Crippen molar-refractivity contribution < 1.29 is 18.7 Å². The van der Waals surface area contributed by atoms with Gasteiger partial charge >= 0.3 is 12.0 Å². The number of carbonyl (C=O) groups is 2. The second-order valence-corrected chi connectivity index (χ2v) is 6.08. The third kappa shape index (κ3) is 3.79. The molecule has 124 valence electrons. The first-order chi connectivity index (χ1) is 11.0. The van der Waals surface area contributed by atoms with E-state index in [9.17, 15) is 14.0 Å². The maximum absolute atomic E-state index is 12.8. The van der Waals surface area contributed by atoms with Crippen molar-refractivity contribution in [2.45, 2.75) is 38.0 Å². The monoisotopic (exact) mass is 321 g/mol. The van der Waals surface area contributed by atoms with Crippen LogP contribution in [0.15, 0.2) is 24.3 Å². The van der Waals surface area contributed by atoms with Crippen molar-refractivity contribution in [3.8, 4) is 0 Å². The highest BCUT2D eigenvalue weighted by Gasteiger charge is 2.39. The molecule has 0 bridgehead atoms. The molecule has 3 unspecified atom stereocenters. The van der Waals surface area contributed by atoms with Gasteiger partial charge in [0, 0.05) is 31.2 Å². The zero-order valence-corrected chi connectivity index (χ0v) is 12.9. The SMILES string of the molecule is CC1CC(N2CCC(NC(=O)Nc3ccc(F)cc3)C2)C(=O)O1. The average molecular weight is 321 g/mol. The Balaban J connectivity index is 1.49. The van der Waals surface area contributed by atoms with Gasteiger partial charge in [0.25, 0.3) is 0 Å². The fourth-order valence-corrected chi connectivity index (χ4v) is 3.11. The van der Waals surface area contributed by atoms with Gasteiger partial charge in [0.15, 0.2) is 0 Å². The number of esters is 1. The molecular formula is C16H20FN3O3. The summed E-state index contributed by atoms with van der Waals surface area (Å²) in [6.07, 6.45) is 1.45. The lowest BCUT2D eigenvalue weighted by molar-refractivity contribution is -0.144. The predicted octanol–water partition coefficient (Wildman–Crippen LogP) is 1.73. The summed E-state index contributed by atoms with van der Waals surface area (Å²) in [5.41, 5.74) is 0.534. The number of nitrogens with one attached hydrogen (secondary N) is 2. The highest BCUT2D eigenvalue weighted by Crippen LogP contribution is 2.23. The number of carbonyl (C=O) groups excluding carboxylic acids is 2. The number of ether oxygens (including phenoxy) is 1. The molecule has 2 aliphatic rings. The van der Waals surface area contributed by atoms with E-state index in [-0.39, 0.29) is 36.0 Å². The number of anilines is 1. The number of benzene rings is 1.